The van der Waals surface area contributed by atoms with Gasteiger partial charge >= 0.3 is 5.97 Å². The topological polar surface area (TPSA) is 78.4 Å². The van der Waals surface area contributed by atoms with Gasteiger partial charge in [-0.1, -0.05) is 42.0 Å². The Morgan fingerprint density at radius 1 is 1.19 bits per heavy atom. The van der Waals surface area contributed by atoms with E-state index in [1.54, 1.807) is 6.07 Å². The van der Waals surface area contributed by atoms with Gasteiger partial charge in [0.25, 0.3) is 5.91 Å². The Morgan fingerprint density at radius 3 is 2.78 bits per heavy atom. The molecule has 3 atom stereocenters. The predicted molar refractivity (Wildman–Crippen MR) is 104 cm³/mol. The molecule has 0 aromatic heterocycles. The van der Waals surface area contributed by atoms with Crippen LogP contribution in [0.2, 0.25) is 5.02 Å². The number of carbonyl (C=O) groups excluding carboxylic acids is 1. The van der Waals surface area contributed by atoms with E-state index in [9.17, 15) is 9.59 Å². The maximum Gasteiger partial charge on any atom is 0.322 e. The summed E-state index contributed by atoms with van der Waals surface area (Å²) in [5, 5.41) is 15.5. The highest BCUT2D eigenvalue weighted by Crippen LogP contribution is 2.50. The zero-order chi connectivity index (χ0) is 19.0. The number of aliphatic carboxylic acids is 1. The van der Waals surface area contributed by atoms with Gasteiger partial charge in [0.1, 0.15) is 6.54 Å². The van der Waals surface area contributed by atoms with E-state index < -0.39 is 12.5 Å². The molecule has 1 heterocycles. The lowest BCUT2D eigenvalue weighted by Gasteiger charge is -2.38. The number of carbonyl (C=O) groups is 2. The molecule has 0 saturated heterocycles. The molecule has 3 N–H and O–H groups in total. The first-order valence-corrected chi connectivity index (χ1v) is 9.24. The van der Waals surface area contributed by atoms with Gasteiger partial charge in [0.15, 0.2) is 0 Å². The molecule has 2 aromatic rings. The van der Waals surface area contributed by atoms with E-state index in [-0.39, 0.29) is 17.9 Å². The molecule has 4 rings (SSSR count). The molecule has 0 fully saturated rings. The SMILES string of the molecule is O=C(O)CNC(=O)c1ccc2c(c1)C1C=CCC1C(c1ccccc1Cl)N2. The van der Waals surface area contributed by atoms with Gasteiger partial charge in [-0.25, -0.2) is 0 Å². The highest BCUT2D eigenvalue weighted by atomic mass is 35.5. The lowest BCUT2D eigenvalue weighted by molar-refractivity contribution is -0.135. The average molecular weight is 383 g/mol. The Labute approximate surface area is 162 Å². The summed E-state index contributed by atoms with van der Waals surface area (Å²) in [5.74, 6) is -0.944. The fraction of sp³-hybridized carbons (Fsp3) is 0.238. The van der Waals surface area contributed by atoms with Crippen molar-refractivity contribution in [1.82, 2.24) is 5.32 Å². The summed E-state index contributed by atoms with van der Waals surface area (Å²) in [6, 6.07) is 13.4. The number of anilines is 1. The Hall–Kier alpha value is -2.79. The smallest absolute Gasteiger partial charge is 0.322 e. The molecule has 0 spiro atoms. The van der Waals surface area contributed by atoms with Crippen molar-refractivity contribution in [1.29, 1.82) is 0 Å². The zero-order valence-electron chi connectivity index (χ0n) is 14.5. The zero-order valence-corrected chi connectivity index (χ0v) is 15.2. The molecule has 1 aliphatic heterocycles. The first-order chi connectivity index (χ1) is 13.0. The lowest BCUT2D eigenvalue weighted by atomic mass is 9.76. The highest BCUT2D eigenvalue weighted by molar-refractivity contribution is 6.31. The van der Waals surface area contributed by atoms with Crippen LogP contribution in [-0.4, -0.2) is 23.5 Å². The van der Waals surface area contributed by atoms with Crippen molar-refractivity contribution in [3.63, 3.8) is 0 Å². The highest BCUT2D eigenvalue weighted by Gasteiger charge is 2.38. The number of hydrogen-bond acceptors (Lipinski definition) is 3. The van der Waals surface area contributed by atoms with E-state index in [1.165, 1.54) is 0 Å². The normalized spacial score (nSPS) is 22.5. The number of allylic oxidation sites excluding steroid dienone is 2. The molecular formula is C21H19ClN2O3. The molecule has 2 aromatic carbocycles. The van der Waals surface area contributed by atoms with Gasteiger partial charge in [0.05, 0.1) is 6.04 Å². The van der Waals surface area contributed by atoms with Gasteiger partial charge in [-0.15, -0.1) is 0 Å². The standard InChI is InChI=1S/C21H19ClN2O3/c22-17-7-2-1-4-15(17)20-14-6-3-5-13(14)16-10-12(8-9-18(16)24-20)21(27)23-11-19(25)26/h1-5,7-10,13-14,20,24H,6,11H2,(H,23,27)(H,25,26). The van der Waals surface area contributed by atoms with Crippen LogP contribution >= 0.6 is 11.6 Å². The van der Waals surface area contributed by atoms with Crippen molar-refractivity contribution in [2.75, 3.05) is 11.9 Å². The maximum absolute atomic E-state index is 12.2. The van der Waals surface area contributed by atoms with Crippen molar-refractivity contribution in [3.05, 3.63) is 76.3 Å². The molecule has 1 aliphatic carbocycles. The van der Waals surface area contributed by atoms with Crippen molar-refractivity contribution < 1.29 is 14.7 Å². The quantitative estimate of drug-likeness (QED) is 0.699. The maximum atomic E-state index is 12.2. The monoisotopic (exact) mass is 382 g/mol. The van der Waals surface area contributed by atoms with E-state index >= 15 is 0 Å². The van der Waals surface area contributed by atoms with E-state index in [1.807, 2.05) is 36.4 Å². The number of amides is 1. The number of carboxylic acid groups (broad SMARTS) is 1. The summed E-state index contributed by atoms with van der Waals surface area (Å²) in [6.45, 7) is -0.394. The molecule has 27 heavy (non-hydrogen) atoms. The molecule has 0 radical (unpaired) electrons. The first-order valence-electron chi connectivity index (χ1n) is 8.86. The van der Waals surface area contributed by atoms with E-state index in [2.05, 4.69) is 22.8 Å². The number of benzene rings is 2. The fourth-order valence-corrected chi connectivity index (χ4v) is 4.28. The summed E-state index contributed by atoms with van der Waals surface area (Å²) >= 11 is 6.44. The lowest BCUT2D eigenvalue weighted by Crippen LogP contribution is -2.31. The number of halogens is 1. The Kier molecular flexibility index (Phi) is 4.62. The number of carboxylic acids is 1. The second kappa shape index (κ2) is 7.08. The summed E-state index contributed by atoms with van der Waals surface area (Å²) < 4.78 is 0. The molecule has 5 nitrogen and oxygen atoms in total. The summed E-state index contributed by atoms with van der Waals surface area (Å²) in [6.07, 6.45) is 5.29. The summed E-state index contributed by atoms with van der Waals surface area (Å²) in [4.78, 5) is 22.9. The molecular weight excluding hydrogens is 364 g/mol. The van der Waals surface area contributed by atoms with E-state index in [0.29, 0.717) is 11.5 Å². The third-order valence-electron chi connectivity index (χ3n) is 5.27. The van der Waals surface area contributed by atoms with Crippen molar-refractivity contribution >= 4 is 29.2 Å². The van der Waals surface area contributed by atoms with Gasteiger partial charge in [0.2, 0.25) is 0 Å². The first kappa shape index (κ1) is 17.6. The Bertz CT molecular complexity index is 941. The second-order valence-electron chi connectivity index (χ2n) is 6.88. The van der Waals surface area contributed by atoms with Gasteiger partial charge < -0.3 is 15.7 Å². The van der Waals surface area contributed by atoms with Crippen LogP contribution in [0.15, 0.2) is 54.6 Å². The van der Waals surface area contributed by atoms with Crippen LogP contribution in [0.3, 0.4) is 0 Å². The number of fused-ring (bicyclic) bond motifs is 3. The fourth-order valence-electron chi connectivity index (χ4n) is 4.03. The third kappa shape index (κ3) is 3.30. The molecule has 0 saturated carbocycles. The Balaban J connectivity index is 1.67. The average Bonchev–Trinajstić information content (AvgIpc) is 3.16. The molecule has 2 aliphatic rings. The van der Waals surface area contributed by atoms with Gasteiger partial charge in [-0.3, -0.25) is 9.59 Å². The van der Waals surface area contributed by atoms with Crippen molar-refractivity contribution in [2.45, 2.75) is 18.4 Å². The second-order valence-corrected chi connectivity index (χ2v) is 7.28. The molecule has 3 unspecified atom stereocenters. The van der Waals surface area contributed by atoms with Crippen molar-refractivity contribution in [3.8, 4) is 0 Å². The minimum absolute atomic E-state index is 0.0953. The minimum atomic E-state index is -1.07. The number of nitrogens with one attached hydrogen (secondary N) is 2. The van der Waals surface area contributed by atoms with Crippen LogP contribution in [0.25, 0.3) is 0 Å². The minimum Gasteiger partial charge on any atom is -0.480 e. The summed E-state index contributed by atoms with van der Waals surface area (Å²) in [5.41, 5.74) is 3.57. The van der Waals surface area contributed by atoms with Gasteiger partial charge in [0, 0.05) is 22.2 Å². The molecule has 6 heteroatoms. The Morgan fingerprint density at radius 2 is 2.00 bits per heavy atom. The van der Waals surface area contributed by atoms with Crippen LogP contribution in [0.1, 0.15) is 39.9 Å². The van der Waals surface area contributed by atoms with Crippen LogP contribution in [-0.2, 0) is 4.79 Å². The van der Waals surface area contributed by atoms with Crippen LogP contribution in [0.4, 0.5) is 5.69 Å². The molecule has 1 amide bonds. The van der Waals surface area contributed by atoms with Gasteiger partial charge in [-0.2, -0.15) is 0 Å². The van der Waals surface area contributed by atoms with Crippen molar-refractivity contribution in [2.24, 2.45) is 5.92 Å². The van der Waals surface area contributed by atoms with E-state index in [4.69, 9.17) is 16.7 Å². The third-order valence-corrected chi connectivity index (χ3v) is 5.61. The van der Waals surface area contributed by atoms with E-state index in [0.717, 1.165) is 28.3 Å². The number of hydrogen-bond donors (Lipinski definition) is 3. The largest absolute Gasteiger partial charge is 0.480 e. The molecule has 138 valence electrons. The van der Waals surface area contributed by atoms with Crippen LogP contribution < -0.4 is 10.6 Å². The van der Waals surface area contributed by atoms with Gasteiger partial charge in [-0.05, 0) is 47.7 Å². The summed E-state index contributed by atoms with van der Waals surface area (Å²) in [7, 11) is 0. The van der Waals surface area contributed by atoms with Crippen LogP contribution in [0.5, 0.6) is 0 Å². The predicted octanol–water partition coefficient (Wildman–Crippen LogP) is 3.98. The van der Waals surface area contributed by atoms with Crippen LogP contribution in [0, 0.1) is 5.92 Å². The molecule has 0 bridgehead atoms. The number of rotatable bonds is 4.